The van der Waals surface area contributed by atoms with Gasteiger partial charge in [0.15, 0.2) is 31.5 Å². The molecule has 1 aromatic rings. The molecule has 0 saturated heterocycles. The van der Waals surface area contributed by atoms with E-state index in [0.29, 0.717) is 5.56 Å². The molecule has 41 heavy (non-hydrogen) atoms. The highest BCUT2D eigenvalue weighted by molar-refractivity contribution is 7.93. The summed E-state index contributed by atoms with van der Waals surface area (Å²) < 4.78 is 84.5. The first kappa shape index (κ1) is 36.7. The molecule has 5 unspecified atom stereocenters. The van der Waals surface area contributed by atoms with Gasteiger partial charge in [-0.2, -0.15) is 11.3 Å². The van der Waals surface area contributed by atoms with Crippen molar-refractivity contribution < 1.29 is 59.0 Å². The van der Waals surface area contributed by atoms with Crippen LogP contribution in [0.15, 0.2) is 16.8 Å². The number of rotatable bonds is 17. The molecule has 0 spiro atoms. The molecule has 0 fully saturated rings. The van der Waals surface area contributed by atoms with E-state index < -0.39 is 102 Å². The Balaban J connectivity index is 3.35. The summed E-state index contributed by atoms with van der Waals surface area (Å²) in [4.78, 5) is 37.6. The van der Waals surface area contributed by atoms with E-state index in [1.807, 2.05) is 0 Å². The van der Waals surface area contributed by atoms with E-state index in [1.54, 1.807) is 16.8 Å². The van der Waals surface area contributed by atoms with E-state index in [0.717, 1.165) is 13.2 Å². The van der Waals surface area contributed by atoms with Crippen molar-refractivity contribution in [1.82, 2.24) is 5.32 Å². The van der Waals surface area contributed by atoms with E-state index in [-0.39, 0.29) is 13.0 Å². The molecule has 236 valence electrons. The molecule has 0 bridgehead atoms. The minimum Gasteiger partial charge on any atom is -0.435 e. The van der Waals surface area contributed by atoms with Gasteiger partial charge in [0, 0.05) is 25.1 Å². The van der Waals surface area contributed by atoms with Crippen LogP contribution >= 0.6 is 11.3 Å². The number of sulfone groups is 1. The van der Waals surface area contributed by atoms with Gasteiger partial charge in [0.25, 0.3) is 0 Å². The largest absolute Gasteiger partial charge is 0.511 e. The van der Waals surface area contributed by atoms with Crippen LogP contribution in [0.2, 0.25) is 0 Å². The predicted octanol–water partition coefficient (Wildman–Crippen LogP) is -1.09. The van der Waals surface area contributed by atoms with Gasteiger partial charge < -0.3 is 30.4 Å². The Morgan fingerprint density at radius 3 is 2.22 bits per heavy atom. The van der Waals surface area contributed by atoms with Crippen LogP contribution in [0.5, 0.6) is 0 Å². The van der Waals surface area contributed by atoms with Gasteiger partial charge in [0.1, 0.15) is 9.84 Å². The molecule has 1 amide bonds. The second-order valence-electron chi connectivity index (χ2n) is 9.19. The van der Waals surface area contributed by atoms with E-state index in [2.05, 4.69) is 10.1 Å². The summed E-state index contributed by atoms with van der Waals surface area (Å²) >= 11 is 1.25. The van der Waals surface area contributed by atoms with Crippen LogP contribution in [-0.2, 0) is 61.5 Å². The molecule has 19 heteroatoms. The Kier molecular flexibility index (Phi) is 14.6. The van der Waals surface area contributed by atoms with Crippen molar-refractivity contribution in [2.75, 3.05) is 18.6 Å². The number of ether oxygens (including phenoxy) is 3. The number of hydrogen-bond acceptors (Lipinski definition) is 15. The average molecular weight is 665 g/mol. The molecule has 4 N–H and O–H groups in total. The molecule has 0 radical (unpaired) electrons. The third-order valence-corrected chi connectivity index (χ3v) is 10.8. The zero-order valence-corrected chi connectivity index (χ0v) is 26.2. The summed E-state index contributed by atoms with van der Waals surface area (Å²) in [5.74, 6) is -4.28. The maximum Gasteiger partial charge on any atom is 0.511 e. The third-order valence-electron chi connectivity index (χ3n) is 5.85. The molecule has 15 nitrogen and oxygen atoms in total. The lowest BCUT2D eigenvalue weighted by Crippen LogP contribution is -2.55. The van der Waals surface area contributed by atoms with Gasteiger partial charge >= 0.3 is 12.1 Å². The fraction of sp³-hybridized carbons (Fsp3) is 0.682. The molecule has 5 atom stereocenters. The Morgan fingerprint density at radius 2 is 1.76 bits per heavy atom. The molecular formula is C22H36N2O13S4. The van der Waals surface area contributed by atoms with E-state index in [1.165, 1.54) is 25.2 Å². The second kappa shape index (κ2) is 16.4. The molecule has 1 aromatic heterocycles. The van der Waals surface area contributed by atoms with Gasteiger partial charge in [0.2, 0.25) is 12.2 Å². The topological polar surface area (TPSA) is 240 Å². The number of aliphatic hydroxyl groups excluding tert-OH is 1. The van der Waals surface area contributed by atoms with Crippen molar-refractivity contribution >= 4 is 60.6 Å². The highest BCUT2D eigenvalue weighted by atomic mass is 32.2. The van der Waals surface area contributed by atoms with Gasteiger partial charge in [0.05, 0.1) is 18.5 Å². The van der Waals surface area contributed by atoms with Crippen LogP contribution < -0.4 is 11.1 Å². The average Bonchev–Trinajstić information content (AvgIpc) is 3.35. The normalized spacial score (nSPS) is 15.9. The summed E-state index contributed by atoms with van der Waals surface area (Å²) in [6.45, 7) is 3.83. The van der Waals surface area contributed by atoms with Crippen LogP contribution in [-0.4, -0.2) is 95.6 Å². The molecule has 0 aliphatic carbocycles. The van der Waals surface area contributed by atoms with Gasteiger partial charge in [-0.1, -0.05) is 0 Å². The summed E-state index contributed by atoms with van der Waals surface area (Å²) in [6.07, 6.45) is -4.89. The van der Waals surface area contributed by atoms with Crippen molar-refractivity contribution in [1.29, 1.82) is 0 Å². The van der Waals surface area contributed by atoms with Crippen molar-refractivity contribution in [3.8, 4) is 0 Å². The summed E-state index contributed by atoms with van der Waals surface area (Å²) in [7, 11) is -11.4. The highest BCUT2D eigenvalue weighted by Crippen LogP contribution is 2.30. The van der Waals surface area contributed by atoms with Gasteiger partial charge in [-0.05, 0) is 55.5 Å². The molecule has 0 aliphatic rings. The highest BCUT2D eigenvalue weighted by Gasteiger charge is 2.48. The van der Waals surface area contributed by atoms with Crippen molar-refractivity contribution in [3.05, 3.63) is 22.4 Å². The Morgan fingerprint density at radius 1 is 1.15 bits per heavy atom. The van der Waals surface area contributed by atoms with Gasteiger partial charge in [-0.25, -0.2) is 34.8 Å². The van der Waals surface area contributed by atoms with E-state index >= 15 is 0 Å². The number of amides is 1. The van der Waals surface area contributed by atoms with Crippen molar-refractivity contribution in [3.63, 3.8) is 0 Å². The Labute approximate surface area is 245 Å². The minimum atomic E-state index is -3.86. The number of aliphatic hydroxyl groups is 1. The first-order valence-electron chi connectivity index (χ1n) is 12.2. The number of esters is 1. The fourth-order valence-electron chi connectivity index (χ4n) is 3.72. The number of nitrogens with one attached hydrogen (secondary N) is 1. The lowest BCUT2D eigenvalue weighted by molar-refractivity contribution is -0.174. The second-order valence-corrected chi connectivity index (χ2v) is 15.2. The van der Waals surface area contributed by atoms with Crippen LogP contribution in [0.1, 0.15) is 39.2 Å². The zero-order chi connectivity index (χ0) is 31.5. The van der Waals surface area contributed by atoms with Gasteiger partial charge in [-0.3, -0.25) is 4.79 Å². The van der Waals surface area contributed by atoms with Crippen LogP contribution in [0, 0.1) is 5.92 Å². The number of carbonyl (C=O) groups is 3. The van der Waals surface area contributed by atoms with E-state index in [4.69, 9.17) is 15.2 Å². The third kappa shape index (κ3) is 11.5. The Hall–Kier alpha value is -2.32. The summed E-state index contributed by atoms with van der Waals surface area (Å²) in [6, 6.07) is -1.84. The van der Waals surface area contributed by atoms with E-state index in [9.17, 15) is 44.7 Å². The molecular weight excluding hydrogens is 629 g/mol. The SMILES string of the molecule is CCOC(=O)OC(C)OC(=O)C(NC(=O)C(Cc1ccsc1)CC(C(N)CCS(C)(=O)=O)([SH](=O)=O)[SH](=O)=O)C(C)O. The molecule has 1 heterocycles. The lowest BCUT2D eigenvalue weighted by atomic mass is 9.91. The lowest BCUT2D eigenvalue weighted by Gasteiger charge is -2.32. The Bertz CT molecular complexity index is 1250. The molecule has 0 aliphatic heterocycles. The standard InChI is InChI=1S/C22H36N2O13S4/c1-5-35-21(28)37-14(3)36-20(27)18(13(2)25)24-19(26)16(10-15-6-8-38-12-15)11-22(39(29)30,40(31)32)17(23)7-9-41(4,33)34/h6,8,12-14,16-18,25,39-40H,5,7,9-11,23H2,1-4H3,(H,24,26). The maximum absolute atomic E-state index is 13.4. The van der Waals surface area contributed by atoms with Crippen molar-refractivity contribution in [2.45, 2.75) is 68.6 Å². The molecule has 0 saturated carbocycles. The molecule has 1 rings (SSSR count). The van der Waals surface area contributed by atoms with Crippen LogP contribution in [0.4, 0.5) is 4.79 Å². The zero-order valence-electron chi connectivity index (χ0n) is 22.8. The number of thiol groups is 2. The summed E-state index contributed by atoms with van der Waals surface area (Å²) in [5.41, 5.74) is 6.50. The van der Waals surface area contributed by atoms with Crippen LogP contribution in [0.3, 0.4) is 0 Å². The first-order valence-corrected chi connectivity index (χ1v) is 17.6. The van der Waals surface area contributed by atoms with Crippen LogP contribution in [0.25, 0.3) is 0 Å². The number of carbonyl (C=O) groups excluding carboxylic acids is 3. The summed E-state index contributed by atoms with van der Waals surface area (Å²) in [5, 5.41) is 15.7. The maximum atomic E-state index is 13.4. The first-order chi connectivity index (χ1) is 18.9. The minimum absolute atomic E-state index is 0.0133. The quantitative estimate of drug-likeness (QED) is 0.0755. The monoisotopic (exact) mass is 664 g/mol. The smallest absolute Gasteiger partial charge is 0.435 e. The fourth-order valence-corrected chi connectivity index (χ4v) is 7.16. The predicted molar refractivity (Wildman–Crippen MR) is 149 cm³/mol. The number of thiophene rings is 1. The van der Waals surface area contributed by atoms with Gasteiger partial charge in [-0.15, -0.1) is 0 Å². The number of hydrogen-bond donors (Lipinski definition) is 5. The van der Waals surface area contributed by atoms with Crippen molar-refractivity contribution in [2.24, 2.45) is 11.7 Å². The number of nitrogens with two attached hydrogens (primary N) is 1. The molecule has 0 aromatic carbocycles.